The zero-order valence-electron chi connectivity index (χ0n) is 13.3. The number of nitrogens with one attached hydrogen (secondary N) is 1. The van der Waals surface area contributed by atoms with E-state index in [2.05, 4.69) is 10.3 Å². The van der Waals surface area contributed by atoms with Crippen molar-refractivity contribution in [3.05, 3.63) is 95.7 Å². The fourth-order valence-corrected chi connectivity index (χ4v) is 2.50. The maximum absolute atomic E-state index is 12.6. The number of rotatable bonds is 5. The summed E-state index contributed by atoms with van der Waals surface area (Å²) in [5.74, 6) is 0.303. The molecule has 120 valence electrons. The predicted octanol–water partition coefficient (Wildman–Crippen LogP) is 3.61. The van der Waals surface area contributed by atoms with E-state index >= 15 is 0 Å². The molecule has 0 saturated heterocycles. The van der Waals surface area contributed by atoms with Gasteiger partial charge in [-0.15, -0.1) is 0 Å². The summed E-state index contributed by atoms with van der Waals surface area (Å²) >= 11 is 0. The molecule has 4 heteroatoms. The molecule has 0 aliphatic carbocycles. The number of benzene rings is 2. The Kier molecular flexibility index (Phi) is 4.87. The summed E-state index contributed by atoms with van der Waals surface area (Å²) in [6.45, 7) is 0. The summed E-state index contributed by atoms with van der Waals surface area (Å²) < 4.78 is 5.03. The van der Waals surface area contributed by atoms with E-state index in [9.17, 15) is 4.79 Å². The number of nitrogens with zero attached hydrogens (tertiary/aromatic N) is 1. The van der Waals surface area contributed by atoms with Crippen LogP contribution in [0.5, 0.6) is 5.88 Å². The van der Waals surface area contributed by atoms with Gasteiger partial charge in [0.25, 0.3) is 5.91 Å². The van der Waals surface area contributed by atoms with Crippen molar-refractivity contribution in [1.82, 2.24) is 10.3 Å². The Morgan fingerprint density at radius 2 is 1.50 bits per heavy atom. The lowest BCUT2D eigenvalue weighted by Gasteiger charge is -2.20. The topological polar surface area (TPSA) is 51.2 Å². The fourth-order valence-electron chi connectivity index (χ4n) is 2.50. The SMILES string of the molecule is COc1ccc(C(=O)NC(c2ccccc2)c2ccccc2)cn1. The molecule has 4 nitrogen and oxygen atoms in total. The van der Waals surface area contributed by atoms with Gasteiger partial charge in [0, 0.05) is 12.3 Å². The van der Waals surface area contributed by atoms with Crippen LogP contribution in [-0.2, 0) is 0 Å². The first-order valence-corrected chi connectivity index (χ1v) is 7.69. The smallest absolute Gasteiger partial charge is 0.253 e. The molecular formula is C20H18N2O2. The fraction of sp³-hybridized carbons (Fsp3) is 0.100. The van der Waals surface area contributed by atoms with Gasteiger partial charge in [0.2, 0.25) is 5.88 Å². The number of carbonyl (C=O) groups excluding carboxylic acids is 1. The van der Waals surface area contributed by atoms with E-state index in [1.165, 1.54) is 6.20 Å². The van der Waals surface area contributed by atoms with Crippen LogP contribution in [0, 0.1) is 0 Å². The van der Waals surface area contributed by atoms with Crippen molar-refractivity contribution in [3.8, 4) is 5.88 Å². The Balaban J connectivity index is 1.87. The van der Waals surface area contributed by atoms with Gasteiger partial charge in [-0.25, -0.2) is 4.98 Å². The second-order valence-electron chi connectivity index (χ2n) is 5.32. The van der Waals surface area contributed by atoms with Gasteiger partial charge >= 0.3 is 0 Å². The van der Waals surface area contributed by atoms with E-state index in [1.807, 2.05) is 60.7 Å². The van der Waals surface area contributed by atoms with E-state index in [-0.39, 0.29) is 11.9 Å². The van der Waals surface area contributed by atoms with Crippen LogP contribution in [0.4, 0.5) is 0 Å². The minimum Gasteiger partial charge on any atom is -0.481 e. The molecule has 3 aromatic rings. The molecule has 0 spiro atoms. The summed E-state index contributed by atoms with van der Waals surface area (Å²) in [7, 11) is 1.54. The molecule has 0 radical (unpaired) electrons. The van der Waals surface area contributed by atoms with Crippen molar-refractivity contribution in [2.24, 2.45) is 0 Å². The number of aromatic nitrogens is 1. The summed E-state index contributed by atoms with van der Waals surface area (Å²) in [6, 6.07) is 23.0. The number of methoxy groups -OCH3 is 1. The third-order valence-electron chi connectivity index (χ3n) is 3.75. The van der Waals surface area contributed by atoms with Gasteiger partial charge in [-0.1, -0.05) is 60.7 Å². The van der Waals surface area contributed by atoms with Gasteiger partial charge in [0.1, 0.15) is 0 Å². The summed E-state index contributed by atoms with van der Waals surface area (Å²) in [5, 5.41) is 3.08. The molecule has 2 aromatic carbocycles. The highest BCUT2D eigenvalue weighted by Gasteiger charge is 2.17. The Morgan fingerprint density at radius 3 is 1.96 bits per heavy atom. The third kappa shape index (κ3) is 3.60. The average Bonchev–Trinajstić information content (AvgIpc) is 2.67. The van der Waals surface area contributed by atoms with Crippen LogP contribution in [0.25, 0.3) is 0 Å². The molecule has 1 heterocycles. The Labute approximate surface area is 141 Å². The molecule has 1 N–H and O–H groups in total. The van der Waals surface area contributed by atoms with Gasteiger partial charge in [-0.05, 0) is 17.2 Å². The first kappa shape index (κ1) is 15.7. The van der Waals surface area contributed by atoms with Crippen LogP contribution in [0.15, 0.2) is 79.0 Å². The lowest BCUT2D eigenvalue weighted by molar-refractivity contribution is 0.0942. The number of hydrogen-bond donors (Lipinski definition) is 1. The molecule has 3 rings (SSSR count). The lowest BCUT2D eigenvalue weighted by Crippen LogP contribution is -2.29. The maximum Gasteiger partial charge on any atom is 0.253 e. The molecule has 0 fully saturated rings. The molecular weight excluding hydrogens is 300 g/mol. The van der Waals surface area contributed by atoms with Gasteiger partial charge in [0.05, 0.1) is 18.7 Å². The van der Waals surface area contributed by atoms with Crippen molar-refractivity contribution >= 4 is 5.91 Å². The standard InChI is InChI=1S/C20H18N2O2/c1-24-18-13-12-17(14-21-18)20(23)22-19(15-8-4-2-5-9-15)16-10-6-3-7-11-16/h2-14,19H,1H3,(H,22,23). The number of hydrogen-bond acceptors (Lipinski definition) is 3. The van der Waals surface area contributed by atoms with Crippen LogP contribution >= 0.6 is 0 Å². The molecule has 1 aromatic heterocycles. The Bertz CT molecular complexity index is 747. The molecule has 0 saturated carbocycles. The van der Waals surface area contributed by atoms with Crippen molar-refractivity contribution in [3.63, 3.8) is 0 Å². The number of carbonyl (C=O) groups is 1. The predicted molar refractivity (Wildman–Crippen MR) is 93.0 cm³/mol. The van der Waals surface area contributed by atoms with Gasteiger partial charge in [-0.2, -0.15) is 0 Å². The molecule has 24 heavy (non-hydrogen) atoms. The monoisotopic (exact) mass is 318 g/mol. The number of amides is 1. The minimum atomic E-state index is -0.220. The molecule has 0 aliphatic heterocycles. The van der Waals surface area contributed by atoms with Crippen LogP contribution in [0.1, 0.15) is 27.5 Å². The molecule has 0 aliphatic rings. The van der Waals surface area contributed by atoms with E-state index in [0.29, 0.717) is 11.4 Å². The minimum absolute atomic E-state index is 0.178. The molecule has 0 bridgehead atoms. The van der Waals surface area contributed by atoms with Crippen molar-refractivity contribution in [2.75, 3.05) is 7.11 Å². The van der Waals surface area contributed by atoms with Crippen molar-refractivity contribution in [2.45, 2.75) is 6.04 Å². The van der Waals surface area contributed by atoms with E-state index < -0.39 is 0 Å². The van der Waals surface area contributed by atoms with Gasteiger partial charge < -0.3 is 10.1 Å². The zero-order chi connectivity index (χ0) is 16.8. The normalized spacial score (nSPS) is 10.4. The maximum atomic E-state index is 12.6. The summed E-state index contributed by atoms with van der Waals surface area (Å²) in [4.78, 5) is 16.7. The molecule has 0 atom stereocenters. The summed E-state index contributed by atoms with van der Waals surface area (Å²) in [5.41, 5.74) is 2.55. The first-order chi connectivity index (χ1) is 11.8. The van der Waals surface area contributed by atoms with E-state index in [4.69, 9.17) is 4.74 Å². The third-order valence-corrected chi connectivity index (χ3v) is 3.75. The number of ether oxygens (including phenoxy) is 1. The van der Waals surface area contributed by atoms with Gasteiger partial charge in [-0.3, -0.25) is 4.79 Å². The van der Waals surface area contributed by atoms with Gasteiger partial charge in [0.15, 0.2) is 0 Å². The van der Waals surface area contributed by atoms with Crippen molar-refractivity contribution < 1.29 is 9.53 Å². The van der Waals surface area contributed by atoms with E-state index in [1.54, 1.807) is 19.2 Å². The average molecular weight is 318 g/mol. The van der Waals surface area contributed by atoms with Crippen LogP contribution < -0.4 is 10.1 Å². The lowest BCUT2D eigenvalue weighted by atomic mass is 9.98. The second-order valence-corrected chi connectivity index (χ2v) is 5.32. The Morgan fingerprint density at radius 1 is 0.917 bits per heavy atom. The van der Waals surface area contributed by atoms with Crippen molar-refractivity contribution in [1.29, 1.82) is 0 Å². The van der Waals surface area contributed by atoms with Crippen LogP contribution in [-0.4, -0.2) is 18.0 Å². The Hall–Kier alpha value is -3.14. The van der Waals surface area contributed by atoms with Crippen LogP contribution in [0.3, 0.4) is 0 Å². The highest BCUT2D eigenvalue weighted by molar-refractivity contribution is 5.94. The highest BCUT2D eigenvalue weighted by atomic mass is 16.5. The molecule has 0 unspecified atom stereocenters. The number of pyridine rings is 1. The van der Waals surface area contributed by atoms with E-state index in [0.717, 1.165) is 11.1 Å². The summed E-state index contributed by atoms with van der Waals surface area (Å²) in [6.07, 6.45) is 1.52. The largest absolute Gasteiger partial charge is 0.481 e. The first-order valence-electron chi connectivity index (χ1n) is 7.69. The quantitative estimate of drug-likeness (QED) is 0.782. The zero-order valence-corrected chi connectivity index (χ0v) is 13.3. The highest BCUT2D eigenvalue weighted by Crippen LogP contribution is 2.22. The second kappa shape index (κ2) is 7.42. The van der Waals surface area contributed by atoms with Crippen LogP contribution in [0.2, 0.25) is 0 Å². The molecule has 1 amide bonds.